The van der Waals surface area contributed by atoms with Crippen molar-refractivity contribution in [2.75, 3.05) is 24.2 Å². The topological polar surface area (TPSA) is 45.2 Å². The average molecular weight is 372 g/mol. The van der Waals surface area contributed by atoms with Gasteiger partial charge in [-0.2, -0.15) is 0 Å². The zero-order chi connectivity index (χ0) is 17.7. The van der Waals surface area contributed by atoms with E-state index in [9.17, 15) is 4.79 Å². The molecular formula is C21H29N3OS. The van der Waals surface area contributed by atoms with Crippen LogP contribution >= 0.6 is 11.8 Å². The van der Waals surface area contributed by atoms with Gasteiger partial charge >= 0.3 is 0 Å². The van der Waals surface area contributed by atoms with Crippen LogP contribution in [0.5, 0.6) is 0 Å². The Morgan fingerprint density at radius 3 is 2.35 bits per heavy atom. The van der Waals surface area contributed by atoms with Crippen LogP contribution in [0.15, 0.2) is 17.2 Å². The number of thioether (sulfide) groups is 1. The van der Waals surface area contributed by atoms with Gasteiger partial charge in [-0.1, -0.05) is 0 Å². The molecule has 6 rings (SSSR count). The summed E-state index contributed by atoms with van der Waals surface area (Å²) in [5.74, 6) is 4.42. The second-order valence-electron chi connectivity index (χ2n) is 8.85. The number of nitrogens with zero attached hydrogens (tertiary/aromatic N) is 2. The first-order chi connectivity index (χ1) is 12.7. The minimum absolute atomic E-state index is 0.0901. The molecule has 0 spiro atoms. The fourth-order valence-electron chi connectivity index (χ4n) is 6.27. The third-order valence-corrected chi connectivity index (χ3v) is 7.94. The third kappa shape index (κ3) is 2.92. The van der Waals surface area contributed by atoms with Gasteiger partial charge in [0, 0.05) is 19.1 Å². The third-order valence-electron chi connectivity index (χ3n) is 7.24. The molecule has 4 bridgehead atoms. The van der Waals surface area contributed by atoms with Crippen LogP contribution < -0.4 is 10.2 Å². The highest BCUT2D eigenvalue weighted by Gasteiger charge is 2.48. The summed E-state index contributed by atoms with van der Waals surface area (Å²) in [6.07, 6.45) is 11.3. The van der Waals surface area contributed by atoms with Gasteiger partial charge < -0.3 is 10.2 Å². The van der Waals surface area contributed by atoms with Gasteiger partial charge in [-0.05, 0) is 87.0 Å². The van der Waals surface area contributed by atoms with E-state index in [1.165, 1.54) is 44.9 Å². The number of carbonyl (C=O) groups excluding carboxylic acids is 1. The quantitative estimate of drug-likeness (QED) is 0.814. The lowest BCUT2D eigenvalue weighted by Crippen LogP contribution is -2.55. The maximum Gasteiger partial charge on any atom is 0.254 e. The van der Waals surface area contributed by atoms with E-state index in [0.717, 1.165) is 41.3 Å². The number of anilines is 1. The molecule has 4 nitrogen and oxygen atoms in total. The second-order valence-corrected chi connectivity index (χ2v) is 9.65. The molecule has 2 heterocycles. The molecule has 4 saturated carbocycles. The van der Waals surface area contributed by atoms with Gasteiger partial charge in [-0.25, -0.2) is 4.98 Å². The van der Waals surface area contributed by atoms with Gasteiger partial charge in [0.1, 0.15) is 10.8 Å². The first-order valence-electron chi connectivity index (χ1n) is 10.3. The Morgan fingerprint density at radius 2 is 1.73 bits per heavy atom. The number of rotatable bonds is 4. The standard InChI is InChI=1S/C21H29N3OS/c1-26-21-17(4-5-18(22-21)24-6-2-3-7-24)20(25)23-19-15-9-13-8-14(11-15)12-16(19)10-13/h4-5,13-16,19H,2-3,6-12H2,1H3,(H,23,25). The van der Waals surface area contributed by atoms with Crippen LogP contribution in [-0.4, -0.2) is 36.3 Å². The van der Waals surface area contributed by atoms with Crippen LogP contribution in [0.1, 0.15) is 55.3 Å². The van der Waals surface area contributed by atoms with Gasteiger partial charge in [-0.15, -0.1) is 11.8 Å². The summed E-state index contributed by atoms with van der Waals surface area (Å²) in [7, 11) is 0. The van der Waals surface area contributed by atoms with Gasteiger partial charge in [0.05, 0.1) is 5.56 Å². The molecule has 1 aromatic rings. The zero-order valence-electron chi connectivity index (χ0n) is 15.6. The van der Waals surface area contributed by atoms with Gasteiger partial charge in [0.25, 0.3) is 5.91 Å². The van der Waals surface area contributed by atoms with Crippen molar-refractivity contribution in [3.63, 3.8) is 0 Å². The van der Waals surface area contributed by atoms with Crippen LogP contribution in [0.3, 0.4) is 0 Å². The van der Waals surface area contributed by atoms with Crippen LogP contribution in [0, 0.1) is 23.7 Å². The summed E-state index contributed by atoms with van der Waals surface area (Å²) in [5.41, 5.74) is 0.759. The van der Waals surface area contributed by atoms with Crippen LogP contribution in [0.4, 0.5) is 5.82 Å². The van der Waals surface area contributed by atoms with Gasteiger partial charge in [-0.3, -0.25) is 4.79 Å². The van der Waals surface area contributed by atoms with Crippen molar-refractivity contribution in [1.29, 1.82) is 0 Å². The Balaban J connectivity index is 1.33. The van der Waals surface area contributed by atoms with Crippen LogP contribution in [0.25, 0.3) is 0 Å². The van der Waals surface area contributed by atoms with Crippen molar-refractivity contribution in [2.24, 2.45) is 23.7 Å². The summed E-state index contributed by atoms with van der Waals surface area (Å²) in [6.45, 7) is 2.17. The number of hydrogen-bond donors (Lipinski definition) is 1. The average Bonchev–Trinajstić information content (AvgIpc) is 3.18. The van der Waals surface area contributed by atoms with E-state index in [-0.39, 0.29) is 5.91 Å². The molecule has 0 atom stereocenters. The Morgan fingerprint density at radius 1 is 1.08 bits per heavy atom. The summed E-state index contributed by atoms with van der Waals surface area (Å²) >= 11 is 1.59. The van der Waals surface area contributed by atoms with Crippen molar-refractivity contribution >= 4 is 23.5 Å². The van der Waals surface area contributed by atoms with E-state index in [0.29, 0.717) is 17.9 Å². The molecule has 1 aliphatic heterocycles. The Kier molecular flexibility index (Phi) is 4.38. The first-order valence-corrected chi connectivity index (χ1v) is 11.5. The monoisotopic (exact) mass is 371 g/mol. The molecule has 1 saturated heterocycles. The number of nitrogens with one attached hydrogen (secondary N) is 1. The molecule has 0 radical (unpaired) electrons. The highest BCUT2D eigenvalue weighted by atomic mass is 32.2. The van der Waals surface area contributed by atoms with Crippen LogP contribution in [-0.2, 0) is 0 Å². The molecule has 0 unspecified atom stereocenters. The fraction of sp³-hybridized carbons (Fsp3) is 0.714. The number of hydrogen-bond acceptors (Lipinski definition) is 4. The molecule has 1 aromatic heterocycles. The van der Waals surface area contributed by atoms with Crippen molar-refractivity contribution in [1.82, 2.24) is 10.3 Å². The molecule has 5 aliphatic rings. The molecule has 5 heteroatoms. The number of pyridine rings is 1. The predicted molar refractivity (Wildman–Crippen MR) is 106 cm³/mol. The van der Waals surface area contributed by atoms with E-state index in [2.05, 4.69) is 10.2 Å². The minimum Gasteiger partial charge on any atom is -0.357 e. The lowest BCUT2D eigenvalue weighted by Gasteiger charge is -2.54. The van der Waals surface area contributed by atoms with Crippen molar-refractivity contribution < 1.29 is 4.79 Å². The number of amides is 1. The molecule has 140 valence electrons. The van der Waals surface area contributed by atoms with E-state index in [1.807, 2.05) is 18.4 Å². The molecule has 1 amide bonds. The largest absolute Gasteiger partial charge is 0.357 e. The van der Waals surface area contributed by atoms with Crippen molar-refractivity contribution in [2.45, 2.75) is 56.0 Å². The molecule has 0 aromatic carbocycles. The van der Waals surface area contributed by atoms with Crippen molar-refractivity contribution in [3.05, 3.63) is 17.7 Å². The highest BCUT2D eigenvalue weighted by Crippen LogP contribution is 2.53. The lowest BCUT2D eigenvalue weighted by molar-refractivity contribution is -0.0120. The van der Waals surface area contributed by atoms with E-state index in [1.54, 1.807) is 11.8 Å². The van der Waals surface area contributed by atoms with E-state index in [4.69, 9.17) is 4.98 Å². The second kappa shape index (κ2) is 6.74. The maximum absolute atomic E-state index is 13.1. The fourth-order valence-corrected chi connectivity index (χ4v) is 6.84. The predicted octanol–water partition coefficient (Wildman–Crippen LogP) is 3.96. The Hall–Kier alpha value is -1.23. The molecule has 4 aliphatic carbocycles. The minimum atomic E-state index is 0.0901. The molecular weight excluding hydrogens is 342 g/mol. The summed E-state index contributed by atoms with van der Waals surface area (Å²) in [6, 6.07) is 4.43. The van der Waals surface area contributed by atoms with Crippen molar-refractivity contribution in [3.8, 4) is 0 Å². The normalized spacial score (nSPS) is 35.1. The maximum atomic E-state index is 13.1. The highest BCUT2D eigenvalue weighted by molar-refractivity contribution is 7.98. The van der Waals surface area contributed by atoms with Gasteiger partial charge in [0.15, 0.2) is 0 Å². The summed E-state index contributed by atoms with van der Waals surface area (Å²) in [4.78, 5) is 20.2. The zero-order valence-corrected chi connectivity index (χ0v) is 16.4. The first kappa shape index (κ1) is 16.9. The van der Waals surface area contributed by atoms with E-state index >= 15 is 0 Å². The lowest BCUT2D eigenvalue weighted by atomic mass is 9.54. The summed E-state index contributed by atoms with van der Waals surface area (Å²) < 4.78 is 0. The molecule has 26 heavy (non-hydrogen) atoms. The Labute approximate surface area is 160 Å². The molecule has 1 N–H and O–H groups in total. The van der Waals surface area contributed by atoms with Gasteiger partial charge in [0.2, 0.25) is 0 Å². The Bertz CT molecular complexity index is 672. The van der Waals surface area contributed by atoms with Crippen LogP contribution in [0.2, 0.25) is 0 Å². The molecule has 5 fully saturated rings. The smallest absolute Gasteiger partial charge is 0.254 e. The SMILES string of the molecule is CSc1nc(N2CCCC2)ccc1C(=O)NC1C2CC3CC(C2)CC1C3. The number of carbonyl (C=O) groups is 1. The van der Waals surface area contributed by atoms with E-state index < -0.39 is 0 Å². The number of aromatic nitrogens is 1. The summed E-state index contributed by atoms with van der Waals surface area (Å²) in [5, 5.41) is 4.31.